The van der Waals surface area contributed by atoms with Crippen molar-refractivity contribution in [3.8, 4) is 0 Å². The Balaban J connectivity index is 2.33. The Bertz CT molecular complexity index is 528. The third kappa shape index (κ3) is 2.81. The summed E-state index contributed by atoms with van der Waals surface area (Å²) in [4.78, 5) is 24.7. The van der Waals surface area contributed by atoms with Crippen LogP contribution in [-0.2, 0) is 11.2 Å². The largest absolute Gasteiger partial charge is 0.312 e. The number of carbonyl (C=O) groups excluding carboxylic acids is 1. The van der Waals surface area contributed by atoms with Crippen molar-refractivity contribution in [2.45, 2.75) is 39.5 Å². The van der Waals surface area contributed by atoms with E-state index in [4.69, 9.17) is 0 Å². The minimum absolute atomic E-state index is 0.0368. The van der Waals surface area contributed by atoms with Crippen LogP contribution in [0.3, 0.4) is 0 Å². The highest BCUT2D eigenvalue weighted by Crippen LogP contribution is 2.32. The molecule has 1 aromatic rings. The molecule has 0 spiro atoms. The van der Waals surface area contributed by atoms with E-state index < -0.39 is 4.92 Å². The molecule has 0 saturated heterocycles. The van der Waals surface area contributed by atoms with Crippen LogP contribution in [0.1, 0.15) is 38.7 Å². The Labute approximate surface area is 118 Å². The predicted molar refractivity (Wildman–Crippen MR) is 77.8 cm³/mol. The minimum atomic E-state index is -0.410. The summed E-state index contributed by atoms with van der Waals surface area (Å²) in [5.41, 5.74) is 1.80. The maximum atomic E-state index is 12.5. The van der Waals surface area contributed by atoms with E-state index in [2.05, 4.69) is 6.92 Å². The highest BCUT2D eigenvalue weighted by molar-refractivity contribution is 5.96. The van der Waals surface area contributed by atoms with Gasteiger partial charge >= 0.3 is 0 Å². The van der Waals surface area contributed by atoms with E-state index in [0.29, 0.717) is 6.54 Å². The molecular formula is C15H20N2O3. The van der Waals surface area contributed by atoms with Crippen LogP contribution in [0.25, 0.3) is 0 Å². The summed E-state index contributed by atoms with van der Waals surface area (Å²) >= 11 is 0. The average Bonchev–Trinajstić information content (AvgIpc) is 2.45. The number of rotatable bonds is 4. The van der Waals surface area contributed by atoms with Crippen LogP contribution in [0.5, 0.6) is 0 Å². The third-order valence-electron chi connectivity index (χ3n) is 3.81. The highest BCUT2D eigenvalue weighted by atomic mass is 16.6. The van der Waals surface area contributed by atoms with E-state index in [-0.39, 0.29) is 17.5 Å². The number of nitro benzene ring substituents is 1. The van der Waals surface area contributed by atoms with Crippen molar-refractivity contribution in [3.05, 3.63) is 33.9 Å². The first kappa shape index (κ1) is 14.5. The van der Waals surface area contributed by atoms with Gasteiger partial charge in [-0.15, -0.1) is 0 Å². The molecule has 1 aliphatic rings. The Morgan fingerprint density at radius 3 is 2.90 bits per heavy atom. The maximum Gasteiger partial charge on any atom is 0.271 e. The Kier molecular flexibility index (Phi) is 4.37. The lowest BCUT2D eigenvalue weighted by Crippen LogP contribution is -2.38. The molecule has 2 rings (SSSR count). The number of nitrogens with zero attached hydrogens (tertiary/aromatic N) is 2. The fourth-order valence-corrected chi connectivity index (χ4v) is 2.73. The van der Waals surface area contributed by atoms with Gasteiger partial charge in [-0.2, -0.15) is 0 Å². The molecule has 0 fully saturated rings. The van der Waals surface area contributed by atoms with Crippen molar-refractivity contribution in [2.24, 2.45) is 5.92 Å². The quantitative estimate of drug-likeness (QED) is 0.626. The van der Waals surface area contributed by atoms with Crippen LogP contribution in [0.15, 0.2) is 18.2 Å². The number of non-ortho nitro benzene ring substituents is 1. The van der Waals surface area contributed by atoms with Crippen molar-refractivity contribution in [1.29, 1.82) is 0 Å². The molecule has 0 aromatic heterocycles. The summed E-state index contributed by atoms with van der Waals surface area (Å²) in [6, 6.07) is 4.82. The monoisotopic (exact) mass is 276 g/mol. The first-order chi connectivity index (χ1) is 9.54. The Morgan fingerprint density at radius 2 is 2.25 bits per heavy atom. The van der Waals surface area contributed by atoms with Gasteiger partial charge in [0, 0.05) is 24.6 Å². The smallest absolute Gasteiger partial charge is 0.271 e. The van der Waals surface area contributed by atoms with Gasteiger partial charge in [0.15, 0.2) is 0 Å². The standard InChI is InChI=1S/C15H20N2O3/c1-3-5-11(2)15(18)16-9-4-6-12-7-8-13(17(19)20)10-14(12)16/h7-8,10-11H,3-6,9H2,1-2H3. The zero-order chi connectivity index (χ0) is 14.7. The molecule has 5 heteroatoms. The number of anilines is 1. The van der Waals surface area contributed by atoms with Crippen molar-refractivity contribution in [1.82, 2.24) is 0 Å². The number of carbonyl (C=O) groups is 1. The van der Waals surface area contributed by atoms with Gasteiger partial charge in [-0.3, -0.25) is 14.9 Å². The normalized spacial score (nSPS) is 15.6. The molecule has 0 radical (unpaired) electrons. The molecule has 20 heavy (non-hydrogen) atoms. The molecule has 1 aliphatic heterocycles. The second kappa shape index (κ2) is 6.03. The third-order valence-corrected chi connectivity index (χ3v) is 3.81. The first-order valence-corrected chi connectivity index (χ1v) is 7.13. The fraction of sp³-hybridized carbons (Fsp3) is 0.533. The van der Waals surface area contributed by atoms with Gasteiger partial charge < -0.3 is 4.90 Å². The zero-order valence-electron chi connectivity index (χ0n) is 12.0. The summed E-state index contributed by atoms with van der Waals surface area (Å²) < 4.78 is 0. The number of amides is 1. The van der Waals surface area contributed by atoms with Gasteiger partial charge in [0.25, 0.3) is 5.69 Å². The van der Waals surface area contributed by atoms with Gasteiger partial charge in [-0.05, 0) is 24.8 Å². The number of nitro groups is 1. The van der Waals surface area contributed by atoms with Crippen molar-refractivity contribution >= 4 is 17.3 Å². The predicted octanol–water partition coefficient (Wildman–Crippen LogP) is 3.31. The number of aryl methyl sites for hydroxylation is 1. The van der Waals surface area contributed by atoms with Crippen molar-refractivity contribution < 1.29 is 9.72 Å². The lowest BCUT2D eigenvalue weighted by atomic mass is 9.98. The molecule has 1 unspecified atom stereocenters. The molecule has 1 atom stereocenters. The molecule has 0 N–H and O–H groups in total. The van der Waals surface area contributed by atoms with E-state index in [0.717, 1.165) is 36.9 Å². The number of hydrogen-bond donors (Lipinski definition) is 0. The van der Waals surface area contributed by atoms with Gasteiger partial charge in [-0.25, -0.2) is 0 Å². The maximum absolute atomic E-state index is 12.5. The van der Waals surface area contributed by atoms with Gasteiger partial charge in [-0.1, -0.05) is 26.3 Å². The molecule has 1 amide bonds. The van der Waals surface area contributed by atoms with Gasteiger partial charge in [0.2, 0.25) is 5.91 Å². The lowest BCUT2D eigenvalue weighted by Gasteiger charge is -2.31. The van der Waals surface area contributed by atoms with Crippen LogP contribution in [0.2, 0.25) is 0 Å². The van der Waals surface area contributed by atoms with Gasteiger partial charge in [0.05, 0.1) is 10.6 Å². The minimum Gasteiger partial charge on any atom is -0.312 e. The fourth-order valence-electron chi connectivity index (χ4n) is 2.73. The zero-order valence-corrected chi connectivity index (χ0v) is 12.0. The Morgan fingerprint density at radius 1 is 1.50 bits per heavy atom. The molecule has 1 aromatic carbocycles. The summed E-state index contributed by atoms with van der Waals surface area (Å²) in [5, 5.41) is 10.9. The molecule has 1 heterocycles. The van der Waals surface area contributed by atoms with Crippen molar-refractivity contribution in [3.63, 3.8) is 0 Å². The first-order valence-electron chi connectivity index (χ1n) is 7.13. The molecule has 0 saturated carbocycles. The van der Waals surface area contributed by atoms with Crippen LogP contribution in [0, 0.1) is 16.0 Å². The summed E-state index contributed by atoms with van der Waals surface area (Å²) in [5.74, 6) is 0.0403. The van der Waals surface area contributed by atoms with Crippen LogP contribution < -0.4 is 4.90 Å². The van der Waals surface area contributed by atoms with Crippen LogP contribution in [-0.4, -0.2) is 17.4 Å². The van der Waals surface area contributed by atoms with E-state index >= 15 is 0 Å². The van der Waals surface area contributed by atoms with Crippen molar-refractivity contribution in [2.75, 3.05) is 11.4 Å². The SMILES string of the molecule is CCCC(C)C(=O)N1CCCc2ccc([N+](=O)[O-])cc21. The molecule has 0 aliphatic carbocycles. The van der Waals surface area contributed by atoms with Gasteiger partial charge in [0.1, 0.15) is 0 Å². The van der Waals surface area contributed by atoms with E-state index in [9.17, 15) is 14.9 Å². The topological polar surface area (TPSA) is 63.5 Å². The summed E-state index contributed by atoms with van der Waals surface area (Å²) in [6.07, 6.45) is 3.59. The number of fused-ring (bicyclic) bond motifs is 1. The van der Waals surface area contributed by atoms with E-state index in [1.807, 2.05) is 6.92 Å². The van der Waals surface area contributed by atoms with Crippen LogP contribution >= 0.6 is 0 Å². The average molecular weight is 276 g/mol. The second-order valence-electron chi connectivity index (χ2n) is 5.35. The highest BCUT2D eigenvalue weighted by Gasteiger charge is 2.27. The second-order valence-corrected chi connectivity index (χ2v) is 5.35. The Hall–Kier alpha value is -1.91. The summed E-state index contributed by atoms with van der Waals surface area (Å²) in [6.45, 7) is 4.64. The van der Waals surface area contributed by atoms with E-state index in [1.165, 1.54) is 12.1 Å². The van der Waals surface area contributed by atoms with E-state index in [1.54, 1.807) is 11.0 Å². The lowest BCUT2D eigenvalue weighted by molar-refractivity contribution is -0.384. The van der Waals surface area contributed by atoms with Crippen LogP contribution in [0.4, 0.5) is 11.4 Å². The molecule has 5 nitrogen and oxygen atoms in total. The number of hydrogen-bond acceptors (Lipinski definition) is 3. The molecular weight excluding hydrogens is 256 g/mol. The summed E-state index contributed by atoms with van der Waals surface area (Å²) in [7, 11) is 0. The molecule has 0 bridgehead atoms. The molecule has 108 valence electrons. The number of benzene rings is 1.